The first-order chi connectivity index (χ1) is 15.1. The highest BCUT2D eigenvalue weighted by Gasteiger charge is 2.18. The van der Waals surface area contributed by atoms with Crippen LogP contribution >= 0.6 is 0 Å². The molecule has 0 saturated heterocycles. The van der Waals surface area contributed by atoms with Gasteiger partial charge in [-0.2, -0.15) is 4.98 Å². The molecule has 9 nitrogen and oxygen atoms in total. The van der Waals surface area contributed by atoms with E-state index in [-0.39, 0.29) is 12.1 Å². The number of aromatic nitrogens is 3. The number of carbonyl (C=O) groups is 1. The van der Waals surface area contributed by atoms with Crippen LogP contribution < -0.4 is 25.4 Å². The first-order valence-electron chi connectivity index (χ1n) is 10.3. The number of amides is 2. The van der Waals surface area contributed by atoms with Gasteiger partial charge in [0.1, 0.15) is 17.3 Å². The Balaban J connectivity index is 2.15. The van der Waals surface area contributed by atoms with Crippen LogP contribution in [0.3, 0.4) is 0 Å². The molecule has 0 spiro atoms. The summed E-state index contributed by atoms with van der Waals surface area (Å²) in [7, 11) is 3.18. The van der Waals surface area contributed by atoms with Crippen LogP contribution in [0.15, 0.2) is 30.5 Å². The molecule has 0 fully saturated rings. The number of pyridine rings is 1. The van der Waals surface area contributed by atoms with E-state index in [4.69, 9.17) is 9.47 Å². The summed E-state index contributed by atoms with van der Waals surface area (Å²) in [5, 5.41) is 9.67. The average Bonchev–Trinajstić information content (AvgIpc) is 2.70. The Morgan fingerprint density at radius 1 is 1.00 bits per heavy atom. The number of nitrogens with one attached hydrogen (secondary N) is 3. The summed E-state index contributed by atoms with van der Waals surface area (Å²) in [6.07, 6.45) is 1.71. The topological polar surface area (TPSA) is 110 Å². The number of hydrogen-bond acceptors (Lipinski definition) is 7. The number of nitrogens with zero attached hydrogens (tertiary/aromatic N) is 3. The number of benzene rings is 1. The molecule has 0 radical (unpaired) electrons. The standard InChI is InChI=1S/C23H30N6O3/c1-13(2)25-21-24-12-15-10-18(14-8-16(31-6)11-17(9-14)32-7)20(26-19(15)27-21)28-22(30)29-23(3,4)5/h8-13H,1-7H3,(H3,24,25,26,27,28,29,30). The molecule has 0 unspecified atom stereocenters. The van der Waals surface area contributed by atoms with Crippen LogP contribution in [-0.2, 0) is 0 Å². The van der Waals surface area contributed by atoms with Crippen LogP contribution in [0.2, 0.25) is 0 Å². The number of rotatable bonds is 6. The Morgan fingerprint density at radius 2 is 1.66 bits per heavy atom. The Bertz CT molecular complexity index is 1100. The molecule has 0 saturated carbocycles. The van der Waals surface area contributed by atoms with E-state index in [1.54, 1.807) is 26.5 Å². The summed E-state index contributed by atoms with van der Waals surface area (Å²) >= 11 is 0. The van der Waals surface area contributed by atoms with Gasteiger partial charge < -0.3 is 20.1 Å². The molecule has 2 heterocycles. The Labute approximate surface area is 188 Å². The predicted octanol–water partition coefficient (Wildman–Crippen LogP) is 4.45. The Hall–Kier alpha value is -3.62. The van der Waals surface area contributed by atoms with E-state index in [9.17, 15) is 4.79 Å². The van der Waals surface area contributed by atoms with E-state index >= 15 is 0 Å². The van der Waals surface area contributed by atoms with Crippen molar-refractivity contribution in [3.8, 4) is 22.6 Å². The third-order valence-electron chi connectivity index (χ3n) is 4.37. The molecule has 2 amide bonds. The molecule has 0 aliphatic carbocycles. The van der Waals surface area contributed by atoms with Gasteiger partial charge in [-0.25, -0.2) is 14.8 Å². The highest BCUT2D eigenvalue weighted by atomic mass is 16.5. The predicted molar refractivity (Wildman–Crippen MR) is 127 cm³/mol. The molecule has 0 atom stereocenters. The molecule has 0 aliphatic rings. The van der Waals surface area contributed by atoms with Crippen LogP contribution in [0, 0.1) is 0 Å². The largest absolute Gasteiger partial charge is 0.497 e. The second kappa shape index (κ2) is 9.25. The zero-order valence-corrected chi connectivity index (χ0v) is 19.5. The fourth-order valence-electron chi connectivity index (χ4n) is 3.05. The summed E-state index contributed by atoms with van der Waals surface area (Å²) < 4.78 is 10.8. The molecule has 2 aromatic heterocycles. The lowest BCUT2D eigenvalue weighted by Gasteiger charge is -2.21. The molecule has 3 rings (SSSR count). The lowest BCUT2D eigenvalue weighted by Crippen LogP contribution is -2.43. The maximum atomic E-state index is 12.6. The van der Waals surface area contributed by atoms with Gasteiger partial charge in [-0.05, 0) is 58.4 Å². The fourth-order valence-corrected chi connectivity index (χ4v) is 3.05. The molecule has 3 aromatic rings. The van der Waals surface area contributed by atoms with Crippen molar-refractivity contribution in [3.63, 3.8) is 0 Å². The first-order valence-corrected chi connectivity index (χ1v) is 10.3. The summed E-state index contributed by atoms with van der Waals surface area (Å²) in [6.45, 7) is 9.73. The highest BCUT2D eigenvalue weighted by molar-refractivity contribution is 5.96. The molecular formula is C23H30N6O3. The number of carbonyl (C=O) groups excluding carboxylic acids is 1. The number of fused-ring (bicyclic) bond motifs is 1. The van der Waals surface area contributed by atoms with Crippen LogP contribution in [0.25, 0.3) is 22.2 Å². The Morgan fingerprint density at radius 3 is 2.22 bits per heavy atom. The lowest BCUT2D eigenvalue weighted by molar-refractivity contribution is 0.243. The zero-order chi connectivity index (χ0) is 23.5. The van der Waals surface area contributed by atoms with Crippen molar-refractivity contribution in [1.29, 1.82) is 0 Å². The number of anilines is 2. The smallest absolute Gasteiger partial charge is 0.320 e. The van der Waals surface area contributed by atoms with Crippen LogP contribution in [0.5, 0.6) is 11.5 Å². The molecule has 32 heavy (non-hydrogen) atoms. The van der Waals surface area contributed by atoms with Crippen molar-refractivity contribution in [3.05, 3.63) is 30.5 Å². The van der Waals surface area contributed by atoms with Gasteiger partial charge in [0.2, 0.25) is 5.95 Å². The second-order valence-corrected chi connectivity index (χ2v) is 8.72. The maximum Gasteiger partial charge on any atom is 0.320 e. The zero-order valence-electron chi connectivity index (χ0n) is 19.5. The number of urea groups is 1. The molecule has 3 N–H and O–H groups in total. The third kappa shape index (κ3) is 5.75. The van der Waals surface area contributed by atoms with Crippen molar-refractivity contribution in [2.75, 3.05) is 24.9 Å². The lowest BCUT2D eigenvalue weighted by atomic mass is 10.0. The van der Waals surface area contributed by atoms with Gasteiger partial charge >= 0.3 is 6.03 Å². The number of ether oxygens (including phenoxy) is 2. The van der Waals surface area contributed by atoms with Crippen molar-refractivity contribution in [2.24, 2.45) is 0 Å². The molecule has 0 bridgehead atoms. The van der Waals surface area contributed by atoms with Crippen molar-refractivity contribution >= 4 is 28.8 Å². The Kier molecular flexibility index (Phi) is 6.67. The molecular weight excluding hydrogens is 408 g/mol. The van der Waals surface area contributed by atoms with Crippen molar-refractivity contribution < 1.29 is 14.3 Å². The highest BCUT2D eigenvalue weighted by Crippen LogP contribution is 2.35. The summed E-state index contributed by atoms with van der Waals surface area (Å²) in [5.41, 5.74) is 1.52. The van der Waals surface area contributed by atoms with Crippen LogP contribution in [-0.4, -0.2) is 46.8 Å². The molecule has 0 aliphatic heterocycles. The third-order valence-corrected chi connectivity index (χ3v) is 4.37. The van der Waals surface area contributed by atoms with Gasteiger partial charge in [0.05, 0.1) is 14.2 Å². The minimum Gasteiger partial charge on any atom is -0.497 e. The van der Waals surface area contributed by atoms with Gasteiger partial charge in [0.15, 0.2) is 5.65 Å². The van der Waals surface area contributed by atoms with E-state index < -0.39 is 5.54 Å². The first kappa shape index (κ1) is 23.1. The molecule has 1 aromatic carbocycles. The maximum absolute atomic E-state index is 12.6. The number of methoxy groups -OCH3 is 2. The van der Waals surface area contributed by atoms with E-state index in [2.05, 4.69) is 30.9 Å². The number of hydrogen-bond donors (Lipinski definition) is 3. The second-order valence-electron chi connectivity index (χ2n) is 8.72. The van der Waals surface area contributed by atoms with Gasteiger partial charge in [-0.1, -0.05) is 0 Å². The minimum atomic E-state index is -0.406. The van der Waals surface area contributed by atoms with E-state index in [1.807, 2.05) is 52.8 Å². The van der Waals surface area contributed by atoms with Gasteiger partial charge in [-0.3, -0.25) is 5.32 Å². The summed E-state index contributed by atoms with van der Waals surface area (Å²) in [4.78, 5) is 26.2. The monoisotopic (exact) mass is 438 g/mol. The normalized spacial score (nSPS) is 11.4. The summed E-state index contributed by atoms with van der Waals surface area (Å²) in [5.74, 6) is 2.08. The fraction of sp³-hybridized carbons (Fsp3) is 0.391. The van der Waals surface area contributed by atoms with Gasteiger partial charge in [0, 0.05) is 34.8 Å². The van der Waals surface area contributed by atoms with Crippen LogP contribution in [0.4, 0.5) is 16.6 Å². The van der Waals surface area contributed by atoms with Crippen LogP contribution in [0.1, 0.15) is 34.6 Å². The van der Waals surface area contributed by atoms with Gasteiger partial charge in [0.25, 0.3) is 0 Å². The SMILES string of the molecule is COc1cc(OC)cc(-c2cc3cnc(NC(C)C)nc3nc2NC(=O)NC(C)(C)C)c1. The minimum absolute atomic E-state index is 0.172. The van der Waals surface area contributed by atoms with E-state index in [0.29, 0.717) is 34.5 Å². The quantitative estimate of drug-likeness (QED) is 0.521. The average molecular weight is 439 g/mol. The van der Waals surface area contributed by atoms with E-state index in [1.165, 1.54) is 0 Å². The van der Waals surface area contributed by atoms with Crippen molar-refractivity contribution in [1.82, 2.24) is 20.3 Å². The molecule has 170 valence electrons. The van der Waals surface area contributed by atoms with Crippen molar-refractivity contribution in [2.45, 2.75) is 46.2 Å². The summed E-state index contributed by atoms with van der Waals surface area (Å²) in [6, 6.07) is 7.19. The van der Waals surface area contributed by atoms with E-state index in [0.717, 1.165) is 10.9 Å². The van der Waals surface area contributed by atoms with Gasteiger partial charge in [-0.15, -0.1) is 0 Å². The molecule has 9 heteroatoms.